The normalized spacial score (nSPS) is 11.9. The second kappa shape index (κ2) is 6.00. The van der Waals surface area contributed by atoms with Crippen molar-refractivity contribution >= 4 is 17.3 Å². The lowest BCUT2D eigenvalue weighted by Crippen LogP contribution is -2.18. The van der Waals surface area contributed by atoms with Gasteiger partial charge < -0.3 is 15.4 Å². The van der Waals surface area contributed by atoms with Crippen molar-refractivity contribution in [1.82, 2.24) is 4.98 Å². The zero-order valence-electron chi connectivity index (χ0n) is 10.1. The van der Waals surface area contributed by atoms with E-state index in [2.05, 4.69) is 15.6 Å². The molecule has 17 heavy (non-hydrogen) atoms. The van der Waals surface area contributed by atoms with Crippen molar-refractivity contribution < 1.29 is 9.66 Å². The zero-order valence-corrected chi connectivity index (χ0v) is 10.1. The standard InChI is InChI=1S/C10H16N4O3/c1-7(17-3)6-12-10-5-8(14(15)16)4-9(11-2)13-10/h4-5,7H,6H2,1-3H3,(H2,11,12,13). The molecule has 1 unspecified atom stereocenters. The number of pyridine rings is 1. The Kier molecular flexibility index (Phi) is 4.65. The van der Waals surface area contributed by atoms with Crippen molar-refractivity contribution in [2.24, 2.45) is 0 Å². The lowest BCUT2D eigenvalue weighted by molar-refractivity contribution is -0.384. The molecular formula is C10H16N4O3. The zero-order chi connectivity index (χ0) is 12.8. The van der Waals surface area contributed by atoms with Crippen LogP contribution in [0.15, 0.2) is 12.1 Å². The average molecular weight is 240 g/mol. The summed E-state index contributed by atoms with van der Waals surface area (Å²) in [6.45, 7) is 2.43. The topological polar surface area (TPSA) is 89.3 Å². The Morgan fingerprint density at radius 3 is 2.71 bits per heavy atom. The number of rotatable bonds is 6. The van der Waals surface area contributed by atoms with Crippen molar-refractivity contribution in [3.05, 3.63) is 22.2 Å². The van der Waals surface area contributed by atoms with Gasteiger partial charge in [-0.15, -0.1) is 0 Å². The molecule has 0 bridgehead atoms. The van der Waals surface area contributed by atoms with Gasteiger partial charge in [0.2, 0.25) is 0 Å². The van der Waals surface area contributed by atoms with Crippen LogP contribution in [0.2, 0.25) is 0 Å². The van der Waals surface area contributed by atoms with Crippen molar-refractivity contribution in [2.75, 3.05) is 31.3 Å². The van der Waals surface area contributed by atoms with Gasteiger partial charge in [-0.1, -0.05) is 0 Å². The average Bonchev–Trinajstić information content (AvgIpc) is 2.35. The maximum atomic E-state index is 10.7. The summed E-state index contributed by atoms with van der Waals surface area (Å²) in [5.41, 5.74) is -0.00285. The molecule has 1 aromatic rings. The molecule has 0 amide bonds. The Hall–Kier alpha value is -1.89. The molecule has 1 atom stereocenters. The van der Waals surface area contributed by atoms with Crippen molar-refractivity contribution in [3.8, 4) is 0 Å². The molecule has 7 nitrogen and oxygen atoms in total. The van der Waals surface area contributed by atoms with Crippen molar-refractivity contribution in [3.63, 3.8) is 0 Å². The SMILES string of the molecule is CNc1cc([N+](=O)[O-])cc(NCC(C)OC)n1. The first-order valence-corrected chi connectivity index (χ1v) is 5.17. The van der Waals surface area contributed by atoms with Crippen molar-refractivity contribution in [2.45, 2.75) is 13.0 Å². The number of aromatic nitrogens is 1. The molecule has 0 aliphatic carbocycles. The minimum absolute atomic E-state index is 0.00285. The second-order valence-corrected chi connectivity index (χ2v) is 3.53. The van der Waals surface area contributed by atoms with E-state index in [9.17, 15) is 10.1 Å². The van der Waals surface area contributed by atoms with E-state index in [4.69, 9.17) is 4.74 Å². The van der Waals surface area contributed by atoms with Gasteiger partial charge in [0.05, 0.1) is 23.2 Å². The maximum Gasteiger partial charge on any atom is 0.276 e. The molecule has 1 aromatic heterocycles. The predicted octanol–water partition coefficient (Wildman–Crippen LogP) is 1.48. The minimum atomic E-state index is -0.451. The third-order valence-electron chi connectivity index (χ3n) is 2.25. The number of anilines is 2. The van der Waals surface area contributed by atoms with Crippen LogP contribution >= 0.6 is 0 Å². The molecule has 0 spiro atoms. The van der Waals surface area contributed by atoms with Gasteiger partial charge in [-0.3, -0.25) is 10.1 Å². The monoisotopic (exact) mass is 240 g/mol. The molecule has 0 aromatic carbocycles. The summed E-state index contributed by atoms with van der Waals surface area (Å²) in [7, 11) is 3.26. The van der Waals surface area contributed by atoms with Crippen LogP contribution in [-0.4, -0.2) is 36.7 Å². The smallest absolute Gasteiger partial charge is 0.276 e. The summed E-state index contributed by atoms with van der Waals surface area (Å²) in [4.78, 5) is 14.4. The van der Waals surface area contributed by atoms with Gasteiger partial charge in [-0.05, 0) is 6.92 Å². The van der Waals surface area contributed by atoms with Crippen LogP contribution in [0.4, 0.5) is 17.3 Å². The van der Waals surface area contributed by atoms with Gasteiger partial charge >= 0.3 is 0 Å². The summed E-state index contributed by atoms with van der Waals surface area (Å²) >= 11 is 0. The van der Waals surface area contributed by atoms with Gasteiger partial charge in [0.25, 0.3) is 5.69 Å². The quantitative estimate of drug-likeness (QED) is 0.578. The molecule has 0 saturated heterocycles. The highest BCUT2D eigenvalue weighted by Gasteiger charge is 2.11. The van der Waals surface area contributed by atoms with Crippen LogP contribution in [0.3, 0.4) is 0 Å². The first-order chi connectivity index (χ1) is 8.06. The lowest BCUT2D eigenvalue weighted by atomic mass is 10.3. The summed E-state index contributed by atoms with van der Waals surface area (Å²) in [6.07, 6.45) is 0.00842. The van der Waals surface area contributed by atoms with Crippen LogP contribution < -0.4 is 10.6 Å². The number of nitro groups is 1. The predicted molar refractivity (Wildman–Crippen MR) is 65.4 cm³/mol. The Balaban J connectivity index is 2.83. The second-order valence-electron chi connectivity index (χ2n) is 3.53. The Morgan fingerprint density at radius 1 is 1.53 bits per heavy atom. The molecule has 0 saturated carbocycles. The summed E-state index contributed by atoms with van der Waals surface area (Å²) in [6, 6.07) is 2.77. The Bertz CT molecular complexity index is 397. The van der Waals surface area contributed by atoms with Crippen LogP contribution in [0, 0.1) is 10.1 Å². The third kappa shape index (κ3) is 3.87. The Labute approximate surface area is 99.3 Å². The maximum absolute atomic E-state index is 10.7. The van der Waals surface area contributed by atoms with Crippen LogP contribution in [0.25, 0.3) is 0 Å². The Morgan fingerprint density at radius 2 is 2.18 bits per heavy atom. The van der Waals surface area contributed by atoms with E-state index in [0.29, 0.717) is 18.2 Å². The molecule has 1 rings (SSSR count). The fraction of sp³-hybridized carbons (Fsp3) is 0.500. The third-order valence-corrected chi connectivity index (χ3v) is 2.25. The molecule has 94 valence electrons. The first kappa shape index (κ1) is 13.2. The van der Waals surface area contributed by atoms with Crippen molar-refractivity contribution in [1.29, 1.82) is 0 Å². The van der Waals surface area contributed by atoms with E-state index in [1.165, 1.54) is 12.1 Å². The van der Waals surface area contributed by atoms with E-state index in [1.54, 1.807) is 14.2 Å². The number of nitrogens with zero attached hydrogens (tertiary/aromatic N) is 2. The molecule has 1 heterocycles. The largest absolute Gasteiger partial charge is 0.380 e. The van der Waals surface area contributed by atoms with E-state index < -0.39 is 4.92 Å². The van der Waals surface area contributed by atoms with Crippen LogP contribution in [0.5, 0.6) is 0 Å². The number of methoxy groups -OCH3 is 1. The summed E-state index contributed by atoms with van der Waals surface area (Å²) in [5, 5.41) is 16.5. The van der Waals surface area contributed by atoms with E-state index in [-0.39, 0.29) is 11.8 Å². The van der Waals surface area contributed by atoms with E-state index >= 15 is 0 Å². The lowest BCUT2D eigenvalue weighted by Gasteiger charge is -2.11. The van der Waals surface area contributed by atoms with E-state index in [1.807, 2.05) is 6.92 Å². The van der Waals surface area contributed by atoms with Crippen LogP contribution in [0.1, 0.15) is 6.92 Å². The van der Waals surface area contributed by atoms with E-state index in [0.717, 1.165) is 0 Å². The summed E-state index contributed by atoms with van der Waals surface area (Å²) < 4.78 is 5.07. The number of hydrogen-bond donors (Lipinski definition) is 2. The van der Waals surface area contributed by atoms with Gasteiger partial charge in [0, 0.05) is 20.7 Å². The number of nitrogens with one attached hydrogen (secondary N) is 2. The molecule has 7 heteroatoms. The fourth-order valence-corrected chi connectivity index (χ4v) is 1.17. The molecule has 2 N–H and O–H groups in total. The molecule has 0 radical (unpaired) electrons. The highest BCUT2D eigenvalue weighted by molar-refractivity contribution is 5.54. The molecule has 0 fully saturated rings. The minimum Gasteiger partial charge on any atom is -0.380 e. The summed E-state index contributed by atoms with van der Waals surface area (Å²) in [5.74, 6) is 0.902. The van der Waals surface area contributed by atoms with Gasteiger partial charge in [-0.25, -0.2) is 4.98 Å². The van der Waals surface area contributed by atoms with Crippen LogP contribution in [-0.2, 0) is 4.74 Å². The highest BCUT2D eigenvalue weighted by Crippen LogP contribution is 2.20. The fourth-order valence-electron chi connectivity index (χ4n) is 1.17. The molecule has 0 aliphatic rings. The van der Waals surface area contributed by atoms with Gasteiger partial charge in [0.15, 0.2) is 0 Å². The van der Waals surface area contributed by atoms with Gasteiger partial charge in [-0.2, -0.15) is 0 Å². The first-order valence-electron chi connectivity index (χ1n) is 5.17. The number of ether oxygens (including phenoxy) is 1. The highest BCUT2D eigenvalue weighted by atomic mass is 16.6. The number of hydrogen-bond acceptors (Lipinski definition) is 6. The van der Waals surface area contributed by atoms with Gasteiger partial charge in [0.1, 0.15) is 11.6 Å². The molecule has 0 aliphatic heterocycles. The molecular weight excluding hydrogens is 224 g/mol.